The maximum atomic E-state index is 6.22. The number of rotatable bonds is 7. The van der Waals surface area contributed by atoms with E-state index in [-0.39, 0.29) is 11.7 Å². The van der Waals surface area contributed by atoms with Crippen molar-refractivity contribution < 1.29 is 14.2 Å². The zero-order valence-electron chi connectivity index (χ0n) is 18.3. The van der Waals surface area contributed by atoms with Gasteiger partial charge in [0.2, 0.25) is 0 Å². The number of ether oxygens (including phenoxy) is 3. The molecule has 0 N–H and O–H groups in total. The fourth-order valence-corrected chi connectivity index (χ4v) is 6.28. The second-order valence-electron chi connectivity index (χ2n) is 9.91. The second-order valence-corrected chi connectivity index (χ2v) is 9.91. The molecule has 0 aromatic rings. The Bertz CT molecular complexity index is 522. The van der Waals surface area contributed by atoms with E-state index in [4.69, 9.17) is 14.2 Å². The first kappa shape index (κ1) is 21.3. The van der Waals surface area contributed by atoms with Crippen LogP contribution >= 0.6 is 0 Å². The molecule has 0 aromatic heterocycles. The van der Waals surface area contributed by atoms with Crippen molar-refractivity contribution in [3.05, 3.63) is 12.2 Å². The van der Waals surface area contributed by atoms with Crippen LogP contribution in [-0.2, 0) is 14.2 Å². The molecule has 156 valence electrons. The lowest BCUT2D eigenvalue weighted by Crippen LogP contribution is -2.61. The van der Waals surface area contributed by atoms with Gasteiger partial charge in [0.15, 0.2) is 6.29 Å². The summed E-state index contributed by atoms with van der Waals surface area (Å²) in [6, 6.07) is 0. The summed E-state index contributed by atoms with van der Waals surface area (Å²) >= 11 is 0. The standard InChI is InChI=1S/C23H41NO3/c1-17-8-9-20-22(3,19(17)11-15-25-14-7-13-24(5)6)12-10-21-23(20,4)16-26-18(2)27-21/h18-21H,1,7-16H2,2-6H3/t18-,19-,20?,21-,22+,23+/m1/s1. The van der Waals surface area contributed by atoms with Gasteiger partial charge in [-0.2, -0.15) is 0 Å². The number of allylic oxidation sites excluding steroid dienone is 1. The molecule has 1 aliphatic heterocycles. The summed E-state index contributed by atoms with van der Waals surface area (Å²) in [6.07, 6.45) is 7.23. The molecule has 4 heteroatoms. The minimum Gasteiger partial charge on any atom is -0.381 e. The van der Waals surface area contributed by atoms with Crippen LogP contribution in [0.1, 0.15) is 59.3 Å². The summed E-state index contributed by atoms with van der Waals surface area (Å²) in [5, 5.41) is 0. The normalized spacial score (nSPS) is 42.1. The quantitative estimate of drug-likeness (QED) is 0.481. The molecule has 0 aromatic carbocycles. The summed E-state index contributed by atoms with van der Waals surface area (Å²) in [5.74, 6) is 1.20. The average molecular weight is 380 g/mol. The highest BCUT2D eigenvalue weighted by molar-refractivity contribution is 5.17. The van der Waals surface area contributed by atoms with Crippen LogP contribution in [0, 0.1) is 22.7 Å². The van der Waals surface area contributed by atoms with Crippen LogP contribution in [-0.4, -0.2) is 57.8 Å². The zero-order chi connectivity index (χ0) is 19.7. The van der Waals surface area contributed by atoms with E-state index in [2.05, 4.69) is 39.4 Å². The molecular formula is C23H41NO3. The van der Waals surface area contributed by atoms with Crippen molar-refractivity contribution in [1.29, 1.82) is 0 Å². The molecule has 1 heterocycles. The van der Waals surface area contributed by atoms with E-state index in [1.807, 2.05) is 6.92 Å². The maximum absolute atomic E-state index is 6.22. The molecule has 2 aliphatic carbocycles. The number of fused-ring (bicyclic) bond motifs is 3. The molecule has 4 nitrogen and oxygen atoms in total. The van der Waals surface area contributed by atoms with Crippen LogP contribution in [0.3, 0.4) is 0 Å². The van der Waals surface area contributed by atoms with Crippen LogP contribution in [0.5, 0.6) is 0 Å². The number of nitrogens with zero attached hydrogens (tertiary/aromatic N) is 1. The molecule has 6 atom stereocenters. The number of hydrogen-bond donors (Lipinski definition) is 0. The fourth-order valence-electron chi connectivity index (χ4n) is 6.28. The summed E-state index contributed by atoms with van der Waals surface area (Å²) in [4.78, 5) is 2.21. The Kier molecular flexibility index (Phi) is 6.72. The van der Waals surface area contributed by atoms with Gasteiger partial charge in [0.25, 0.3) is 0 Å². The fraction of sp³-hybridized carbons (Fsp3) is 0.913. The summed E-state index contributed by atoms with van der Waals surface area (Å²) in [7, 11) is 4.23. The van der Waals surface area contributed by atoms with Crippen molar-refractivity contribution in [1.82, 2.24) is 4.90 Å². The molecule has 0 spiro atoms. The van der Waals surface area contributed by atoms with Gasteiger partial charge < -0.3 is 19.1 Å². The van der Waals surface area contributed by atoms with E-state index >= 15 is 0 Å². The third kappa shape index (κ3) is 4.29. The first-order valence-electron chi connectivity index (χ1n) is 10.9. The predicted molar refractivity (Wildman–Crippen MR) is 110 cm³/mol. The Labute approximate surface area is 166 Å². The minimum absolute atomic E-state index is 0.0580. The third-order valence-corrected chi connectivity index (χ3v) is 7.75. The van der Waals surface area contributed by atoms with Crippen molar-refractivity contribution in [3.63, 3.8) is 0 Å². The van der Waals surface area contributed by atoms with Crippen molar-refractivity contribution in [2.45, 2.75) is 71.7 Å². The topological polar surface area (TPSA) is 30.9 Å². The molecule has 1 unspecified atom stereocenters. The molecular weight excluding hydrogens is 338 g/mol. The third-order valence-electron chi connectivity index (χ3n) is 7.75. The van der Waals surface area contributed by atoms with Crippen LogP contribution in [0.25, 0.3) is 0 Å². The van der Waals surface area contributed by atoms with Gasteiger partial charge >= 0.3 is 0 Å². The Morgan fingerprint density at radius 2 is 1.96 bits per heavy atom. The molecule has 3 aliphatic rings. The highest BCUT2D eigenvalue weighted by Gasteiger charge is 2.59. The Balaban J connectivity index is 1.63. The molecule has 2 saturated carbocycles. The van der Waals surface area contributed by atoms with Crippen molar-refractivity contribution >= 4 is 0 Å². The zero-order valence-corrected chi connectivity index (χ0v) is 18.3. The largest absolute Gasteiger partial charge is 0.381 e. The summed E-state index contributed by atoms with van der Waals surface area (Å²) in [5.41, 5.74) is 1.87. The van der Waals surface area contributed by atoms with Gasteiger partial charge in [-0.3, -0.25) is 0 Å². The van der Waals surface area contributed by atoms with E-state index < -0.39 is 0 Å². The molecule has 0 amide bonds. The van der Waals surface area contributed by atoms with Crippen LogP contribution in [0.15, 0.2) is 12.2 Å². The van der Waals surface area contributed by atoms with Crippen LogP contribution < -0.4 is 0 Å². The van der Waals surface area contributed by atoms with E-state index in [0.717, 1.165) is 52.0 Å². The summed E-state index contributed by atoms with van der Waals surface area (Å²) in [6.45, 7) is 15.1. The highest BCUT2D eigenvalue weighted by atomic mass is 16.7. The molecule has 27 heavy (non-hydrogen) atoms. The van der Waals surface area contributed by atoms with Crippen LogP contribution in [0.4, 0.5) is 0 Å². The molecule has 3 fully saturated rings. The molecule has 0 bridgehead atoms. The van der Waals surface area contributed by atoms with Gasteiger partial charge in [0.1, 0.15) is 0 Å². The first-order valence-corrected chi connectivity index (χ1v) is 10.9. The lowest BCUT2D eigenvalue weighted by Gasteiger charge is -2.62. The van der Waals surface area contributed by atoms with Crippen molar-refractivity contribution in [3.8, 4) is 0 Å². The molecule has 0 radical (unpaired) electrons. The smallest absolute Gasteiger partial charge is 0.155 e. The molecule has 3 rings (SSSR count). The van der Waals surface area contributed by atoms with Gasteiger partial charge in [-0.1, -0.05) is 26.0 Å². The van der Waals surface area contributed by atoms with Crippen molar-refractivity contribution in [2.24, 2.45) is 22.7 Å². The van der Waals surface area contributed by atoms with E-state index in [1.54, 1.807) is 0 Å². The highest BCUT2D eigenvalue weighted by Crippen LogP contribution is 2.63. The molecule has 1 saturated heterocycles. The van der Waals surface area contributed by atoms with E-state index in [1.165, 1.54) is 18.4 Å². The summed E-state index contributed by atoms with van der Waals surface area (Å²) < 4.78 is 18.2. The Morgan fingerprint density at radius 3 is 2.70 bits per heavy atom. The van der Waals surface area contributed by atoms with Crippen LogP contribution in [0.2, 0.25) is 0 Å². The Hall–Kier alpha value is -0.420. The van der Waals surface area contributed by atoms with Gasteiger partial charge in [-0.05, 0) is 83.3 Å². The predicted octanol–water partition coefficient (Wildman–Crippen LogP) is 4.50. The Morgan fingerprint density at radius 1 is 1.19 bits per heavy atom. The lowest BCUT2D eigenvalue weighted by atomic mass is 9.46. The van der Waals surface area contributed by atoms with Gasteiger partial charge in [0.05, 0.1) is 12.7 Å². The average Bonchev–Trinajstić information content (AvgIpc) is 2.60. The maximum Gasteiger partial charge on any atom is 0.155 e. The van der Waals surface area contributed by atoms with E-state index in [9.17, 15) is 0 Å². The second kappa shape index (κ2) is 8.52. The SMILES string of the molecule is C=C1CCC2[C@]3(C)CO[C@@H](C)O[C@@H]3CC[C@@]2(C)[C@@H]1CCOCCCN(C)C. The minimum atomic E-state index is -0.0580. The lowest BCUT2D eigenvalue weighted by molar-refractivity contribution is -0.297. The van der Waals surface area contributed by atoms with E-state index in [0.29, 0.717) is 23.4 Å². The van der Waals surface area contributed by atoms with Crippen molar-refractivity contribution in [2.75, 3.05) is 40.5 Å². The van der Waals surface area contributed by atoms with Gasteiger partial charge in [-0.25, -0.2) is 0 Å². The van der Waals surface area contributed by atoms with Gasteiger partial charge in [0, 0.05) is 18.6 Å². The monoisotopic (exact) mass is 379 g/mol. The van der Waals surface area contributed by atoms with Gasteiger partial charge in [-0.15, -0.1) is 0 Å². The number of hydrogen-bond acceptors (Lipinski definition) is 4. The first-order chi connectivity index (χ1) is 12.8.